The average Bonchev–Trinajstić information content (AvgIpc) is 3.36. The second-order valence-corrected chi connectivity index (χ2v) is 7.10. The van der Waals surface area contributed by atoms with Crippen LogP contribution >= 0.6 is 0 Å². The van der Waals surface area contributed by atoms with Gasteiger partial charge in [0.15, 0.2) is 5.82 Å². The van der Waals surface area contributed by atoms with Crippen molar-refractivity contribution in [2.45, 2.75) is 31.6 Å². The summed E-state index contributed by atoms with van der Waals surface area (Å²) in [4.78, 5) is 25.7. The summed E-state index contributed by atoms with van der Waals surface area (Å²) in [6.07, 6.45) is 7.68. The first-order valence-electron chi connectivity index (χ1n) is 9.29. The third kappa shape index (κ3) is 3.84. The molecule has 5 nitrogen and oxygen atoms in total. The largest absolute Gasteiger partial charge is 0.352 e. The Labute approximate surface area is 152 Å². The van der Waals surface area contributed by atoms with Gasteiger partial charge in [0.05, 0.1) is 5.69 Å². The summed E-state index contributed by atoms with van der Waals surface area (Å²) in [5.74, 6) is 1.33. The molecule has 136 valence electrons. The van der Waals surface area contributed by atoms with E-state index >= 15 is 0 Å². The molecule has 1 aromatic carbocycles. The van der Waals surface area contributed by atoms with Gasteiger partial charge in [-0.1, -0.05) is 12.1 Å². The Kier molecular flexibility index (Phi) is 4.82. The summed E-state index contributed by atoms with van der Waals surface area (Å²) in [5.41, 5.74) is 2.00. The number of nitrogens with zero attached hydrogens (tertiary/aromatic N) is 3. The maximum atomic E-state index is 13.0. The lowest BCUT2D eigenvalue weighted by molar-refractivity contribution is 0.603. The lowest BCUT2D eigenvalue weighted by atomic mass is 10.1. The third-order valence-electron chi connectivity index (χ3n) is 5.13. The van der Waals surface area contributed by atoms with Crippen molar-refractivity contribution in [3.63, 3.8) is 0 Å². The molecule has 0 amide bonds. The number of H-pyrrole nitrogens is 1. The van der Waals surface area contributed by atoms with Crippen molar-refractivity contribution in [2.75, 3.05) is 24.5 Å². The Balaban J connectivity index is 1.23. The highest BCUT2D eigenvalue weighted by atomic mass is 19.1. The van der Waals surface area contributed by atoms with Crippen LogP contribution in [0.4, 0.5) is 10.2 Å². The Morgan fingerprint density at radius 2 is 2.12 bits per heavy atom. The Morgan fingerprint density at radius 3 is 2.85 bits per heavy atom. The van der Waals surface area contributed by atoms with E-state index in [1.807, 2.05) is 23.2 Å². The van der Waals surface area contributed by atoms with Crippen molar-refractivity contribution in [2.24, 2.45) is 10.9 Å². The van der Waals surface area contributed by atoms with Crippen LogP contribution < -0.4 is 10.5 Å². The van der Waals surface area contributed by atoms with Gasteiger partial charge < -0.3 is 9.88 Å². The molecule has 0 spiro atoms. The fourth-order valence-electron chi connectivity index (χ4n) is 3.34. The minimum Gasteiger partial charge on any atom is -0.352 e. The fourth-order valence-corrected chi connectivity index (χ4v) is 3.34. The molecule has 2 aliphatic rings. The topological polar surface area (TPSA) is 61.4 Å². The van der Waals surface area contributed by atoms with Gasteiger partial charge >= 0.3 is 0 Å². The van der Waals surface area contributed by atoms with Crippen molar-refractivity contribution in [3.05, 3.63) is 57.9 Å². The summed E-state index contributed by atoms with van der Waals surface area (Å²) in [5, 5.41) is 0. The summed E-state index contributed by atoms with van der Waals surface area (Å²) in [6, 6.07) is 6.78. The smallest absolute Gasteiger partial charge is 0.290 e. The van der Waals surface area contributed by atoms with Crippen molar-refractivity contribution in [3.8, 4) is 0 Å². The van der Waals surface area contributed by atoms with Gasteiger partial charge in [0.2, 0.25) is 0 Å². The first-order chi connectivity index (χ1) is 12.7. The number of rotatable bonds is 7. The van der Waals surface area contributed by atoms with Gasteiger partial charge in [0.1, 0.15) is 5.82 Å². The number of hydrogen-bond donors (Lipinski definition) is 1. The van der Waals surface area contributed by atoms with Crippen LogP contribution in [0.2, 0.25) is 0 Å². The molecule has 6 heteroatoms. The maximum Gasteiger partial charge on any atom is 0.290 e. The summed E-state index contributed by atoms with van der Waals surface area (Å²) in [7, 11) is 0. The zero-order valence-electron chi connectivity index (χ0n) is 14.7. The molecule has 1 unspecified atom stereocenters. The van der Waals surface area contributed by atoms with Crippen molar-refractivity contribution in [1.82, 2.24) is 9.97 Å². The van der Waals surface area contributed by atoms with Gasteiger partial charge in [0.25, 0.3) is 5.56 Å². The number of nitrogens with one attached hydrogen (secondary N) is 1. The van der Waals surface area contributed by atoms with Crippen LogP contribution in [0.1, 0.15) is 36.4 Å². The van der Waals surface area contributed by atoms with Crippen LogP contribution in [0.15, 0.2) is 40.2 Å². The third-order valence-corrected chi connectivity index (χ3v) is 5.13. The highest BCUT2D eigenvalue weighted by molar-refractivity contribution is 5.67. The molecule has 0 bridgehead atoms. The molecule has 2 fully saturated rings. The molecule has 1 saturated heterocycles. The zero-order chi connectivity index (χ0) is 17.9. The molecule has 26 heavy (non-hydrogen) atoms. The second-order valence-electron chi connectivity index (χ2n) is 7.10. The van der Waals surface area contributed by atoms with Crippen molar-refractivity contribution in [1.29, 1.82) is 0 Å². The van der Waals surface area contributed by atoms with Gasteiger partial charge in [-0.2, -0.15) is 0 Å². The Bertz CT molecular complexity index is 842. The van der Waals surface area contributed by atoms with E-state index in [-0.39, 0.29) is 11.4 Å². The number of aryl methyl sites for hydroxylation is 1. The molecule has 2 heterocycles. The number of anilines is 1. The predicted octanol–water partition coefficient (Wildman–Crippen LogP) is 2.93. The Hall–Kier alpha value is -2.50. The van der Waals surface area contributed by atoms with E-state index < -0.39 is 0 Å². The fraction of sp³-hybridized carbons (Fsp3) is 0.450. The molecule has 1 aromatic heterocycles. The van der Waals surface area contributed by atoms with Crippen LogP contribution in [0, 0.1) is 11.7 Å². The molecule has 1 aliphatic carbocycles. The lowest BCUT2D eigenvalue weighted by Crippen LogP contribution is -2.41. The lowest BCUT2D eigenvalue weighted by Gasteiger charge is -2.31. The number of benzene rings is 1. The molecule has 1 saturated carbocycles. The van der Waals surface area contributed by atoms with Crippen molar-refractivity contribution < 1.29 is 4.39 Å². The van der Waals surface area contributed by atoms with Gasteiger partial charge in [-0.3, -0.25) is 9.79 Å². The highest BCUT2D eigenvalue weighted by Crippen LogP contribution is 2.46. The quantitative estimate of drug-likeness (QED) is 0.614. The van der Waals surface area contributed by atoms with Crippen LogP contribution in [0.25, 0.3) is 0 Å². The number of aromatic nitrogens is 2. The van der Waals surface area contributed by atoms with Crippen LogP contribution in [-0.2, 0) is 6.42 Å². The van der Waals surface area contributed by atoms with E-state index in [1.165, 1.54) is 17.7 Å². The minimum atomic E-state index is -0.187. The van der Waals surface area contributed by atoms with Crippen LogP contribution in [-0.4, -0.2) is 35.8 Å². The van der Waals surface area contributed by atoms with Crippen molar-refractivity contribution >= 4 is 12.0 Å². The number of halogens is 1. The van der Waals surface area contributed by atoms with E-state index in [4.69, 9.17) is 0 Å². The normalized spacial score (nSPS) is 21.8. The molecule has 0 radical (unpaired) electrons. The first-order valence-corrected chi connectivity index (χ1v) is 9.29. The first kappa shape index (κ1) is 16.9. The van der Waals surface area contributed by atoms with Crippen LogP contribution in [0.3, 0.4) is 0 Å². The number of aliphatic imine (C=N–C) groups is 1. The zero-order valence-corrected chi connectivity index (χ0v) is 14.7. The van der Waals surface area contributed by atoms with E-state index in [9.17, 15) is 9.18 Å². The predicted molar refractivity (Wildman–Crippen MR) is 101 cm³/mol. The molecule has 2 atom stereocenters. The van der Waals surface area contributed by atoms with Gasteiger partial charge in [-0.25, -0.2) is 9.37 Å². The summed E-state index contributed by atoms with van der Waals surface area (Å²) < 4.78 is 13.0. The minimum absolute atomic E-state index is 0.105. The molecular weight excluding hydrogens is 331 g/mol. The molecule has 1 N–H and O–H groups in total. The van der Waals surface area contributed by atoms with Gasteiger partial charge in [-0.15, -0.1) is 0 Å². The van der Waals surface area contributed by atoms with E-state index in [0.717, 1.165) is 51.0 Å². The summed E-state index contributed by atoms with van der Waals surface area (Å²) >= 11 is 0. The number of hydrogen-bond acceptors (Lipinski definition) is 4. The molecular formula is C20H23FN4O. The van der Waals surface area contributed by atoms with E-state index in [2.05, 4.69) is 15.0 Å². The van der Waals surface area contributed by atoms with E-state index in [0.29, 0.717) is 17.7 Å². The van der Waals surface area contributed by atoms with E-state index in [1.54, 1.807) is 6.20 Å². The number of aromatic amines is 1. The van der Waals surface area contributed by atoms with Gasteiger partial charge in [0, 0.05) is 38.0 Å². The SMILES string of the molecule is O=c1[nH]cc(CCCN=CC2C[C@H]2c2ccc(F)cc2)nc1N1CCC1. The highest BCUT2D eigenvalue weighted by Gasteiger charge is 2.36. The van der Waals surface area contributed by atoms with Gasteiger partial charge in [-0.05, 0) is 49.3 Å². The average molecular weight is 354 g/mol. The molecule has 1 aliphatic heterocycles. The second kappa shape index (κ2) is 7.40. The standard InChI is InChI=1S/C20H23FN4O/c21-16-6-4-14(5-7-16)18-11-15(18)12-22-8-1-3-17-13-23-20(26)19(24-17)25-9-2-10-25/h4-7,12-13,15,18H,1-3,8-11H2,(H,23,26)/t15?,18-/m0/s1. The molecule has 4 rings (SSSR count). The summed E-state index contributed by atoms with van der Waals surface area (Å²) in [6.45, 7) is 2.59. The van der Waals surface area contributed by atoms with Crippen LogP contribution in [0.5, 0.6) is 0 Å². The molecule has 2 aromatic rings. The maximum absolute atomic E-state index is 13.0. The monoisotopic (exact) mass is 354 g/mol. The Morgan fingerprint density at radius 1 is 1.31 bits per heavy atom.